The predicted molar refractivity (Wildman–Crippen MR) is 107 cm³/mol. The lowest BCUT2D eigenvalue weighted by molar-refractivity contribution is -0.117. The zero-order valence-corrected chi connectivity index (χ0v) is 15.6. The molecule has 4 rings (SSSR count). The Morgan fingerprint density at radius 2 is 2.04 bits per heavy atom. The highest BCUT2D eigenvalue weighted by atomic mass is 16.1. The highest BCUT2D eigenvalue weighted by Crippen LogP contribution is 2.25. The molecule has 0 spiro atoms. The van der Waals surface area contributed by atoms with Crippen molar-refractivity contribution < 1.29 is 4.79 Å². The number of benzene rings is 1. The van der Waals surface area contributed by atoms with Crippen LogP contribution in [0.3, 0.4) is 0 Å². The fraction of sp³-hybridized carbons (Fsp3) is 0.381. The first kappa shape index (κ1) is 17.7. The third-order valence-electron chi connectivity index (χ3n) is 5.43. The number of anilines is 1. The predicted octanol–water partition coefficient (Wildman–Crippen LogP) is 3.38. The average Bonchev–Trinajstić information content (AvgIpc) is 3.13. The van der Waals surface area contributed by atoms with Crippen molar-refractivity contribution in [1.82, 2.24) is 19.9 Å². The number of piperidine rings is 1. The van der Waals surface area contributed by atoms with Crippen LogP contribution in [-0.4, -0.2) is 33.5 Å². The van der Waals surface area contributed by atoms with E-state index in [1.54, 1.807) is 12.5 Å². The lowest BCUT2D eigenvalue weighted by atomic mass is 9.84. The number of pyridine rings is 1. The Morgan fingerprint density at radius 3 is 2.81 bits per heavy atom. The largest absolute Gasteiger partial charge is 0.325 e. The summed E-state index contributed by atoms with van der Waals surface area (Å²) in [5.74, 6) is 1.87. The van der Waals surface area contributed by atoms with Crippen LogP contribution in [0.25, 0.3) is 16.9 Å². The van der Waals surface area contributed by atoms with Crippen LogP contribution < -0.4 is 10.6 Å². The standard InChI is InChI=1S/C21H25N5O/c1-15(16-8-10-22-11-9-16)12-21(27)25-17-6-7-20(23-13-17)26-14-24-18-4-2-3-5-19(18)26/h2-7,13-16,22H,8-12H2,1H3,(H,25,27). The Kier molecular flexibility index (Phi) is 5.16. The van der Waals surface area contributed by atoms with Crippen LogP contribution in [0.4, 0.5) is 5.69 Å². The Labute approximate surface area is 159 Å². The number of carbonyl (C=O) groups excluding carboxylic acids is 1. The summed E-state index contributed by atoms with van der Waals surface area (Å²) in [4.78, 5) is 21.3. The normalized spacial score (nSPS) is 16.3. The summed E-state index contributed by atoms with van der Waals surface area (Å²) in [6.45, 7) is 4.30. The van der Waals surface area contributed by atoms with Crippen molar-refractivity contribution >= 4 is 22.6 Å². The van der Waals surface area contributed by atoms with E-state index < -0.39 is 0 Å². The molecule has 1 aliphatic heterocycles. The minimum atomic E-state index is 0.0589. The van der Waals surface area contributed by atoms with Crippen molar-refractivity contribution in [2.75, 3.05) is 18.4 Å². The molecule has 0 aliphatic carbocycles. The number of fused-ring (bicyclic) bond motifs is 1. The number of para-hydroxylation sites is 2. The molecule has 3 heterocycles. The summed E-state index contributed by atoms with van der Waals surface area (Å²) in [5, 5.41) is 6.35. The molecule has 2 N–H and O–H groups in total. The van der Waals surface area contributed by atoms with Gasteiger partial charge >= 0.3 is 0 Å². The third-order valence-corrected chi connectivity index (χ3v) is 5.43. The molecule has 1 saturated heterocycles. The van der Waals surface area contributed by atoms with Gasteiger partial charge in [0.2, 0.25) is 5.91 Å². The van der Waals surface area contributed by atoms with E-state index in [-0.39, 0.29) is 5.91 Å². The molecule has 6 heteroatoms. The van der Waals surface area contributed by atoms with Gasteiger partial charge in [0.15, 0.2) is 0 Å². The second-order valence-corrected chi connectivity index (χ2v) is 7.33. The number of carbonyl (C=O) groups is 1. The van der Waals surface area contributed by atoms with Gasteiger partial charge in [-0.3, -0.25) is 9.36 Å². The number of amides is 1. The molecule has 3 aromatic rings. The molecule has 140 valence electrons. The fourth-order valence-corrected chi connectivity index (χ4v) is 3.83. The summed E-state index contributed by atoms with van der Waals surface area (Å²) in [6, 6.07) is 11.7. The molecule has 0 radical (unpaired) electrons. The molecule has 2 aromatic heterocycles. The third kappa shape index (κ3) is 4.01. The second kappa shape index (κ2) is 7.88. The van der Waals surface area contributed by atoms with Gasteiger partial charge in [-0.1, -0.05) is 19.1 Å². The van der Waals surface area contributed by atoms with Gasteiger partial charge in [0.25, 0.3) is 0 Å². The molecule has 0 saturated carbocycles. The Hall–Kier alpha value is -2.73. The molecule has 1 unspecified atom stereocenters. The van der Waals surface area contributed by atoms with Gasteiger partial charge < -0.3 is 10.6 Å². The van der Waals surface area contributed by atoms with Gasteiger partial charge in [0.05, 0.1) is 22.9 Å². The van der Waals surface area contributed by atoms with Crippen molar-refractivity contribution in [3.05, 3.63) is 48.9 Å². The summed E-state index contributed by atoms with van der Waals surface area (Å²) in [5.41, 5.74) is 2.67. The maximum absolute atomic E-state index is 12.4. The second-order valence-electron chi connectivity index (χ2n) is 7.33. The number of nitrogens with one attached hydrogen (secondary N) is 2. The molecule has 1 aliphatic rings. The van der Waals surface area contributed by atoms with Crippen molar-refractivity contribution in [2.24, 2.45) is 11.8 Å². The zero-order chi connectivity index (χ0) is 18.6. The van der Waals surface area contributed by atoms with Crippen molar-refractivity contribution in [1.29, 1.82) is 0 Å². The molecule has 1 atom stereocenters. The highest BCUT2D eigenvalue weighted by molar-refractivity contribution is 5.90. The number of nitrogens with zero attached hydrogens (tertiary/aromatic N) is 3. The van der Waals surface area contributed by atoms with Crippen LogP contribution in [0.1, 0.15) is 26.2 Å². The SMILES string of the molecule is CC(CC(=O)Nc1ccc(-n2cnc3ccccc32)nc1)C1CCNCC1. The molecule has 1 fully saturated rings. The number of rotatable bonds is 5. The van der Waals surface area contributed by atoms with E-state index in [1.807, 2.05) is 41.0 Å². The van der Waals surface area contributed by atoms with Crippen LogP contribution in [-0.2, 0) is 4.79 Å². The van der Waals surface area contributed by atoms with Crippen molar-refractivity contribution in [3.63, 3.8) is 0 Å². The van der Waals surface area contributed by atoms with E-state index in [4.69, 9.17) is 0 Å². The summed E-state index contributed by atoms with van der Waals surface area (Å²) < 4.78 is 1.94. The molecule has 1 amide bonds. The van der Waals surface area contributed by atoms with Crippen LogP contribution in [0.15, 0.2) is 48.9 Å². The van der Waals surface area contributed by atoms with Crippen LogP contribution in [0.2, 0.25) is 0 Å². The number of hydrogen-bond acceptors (Lipinski definition) is 4. The van der Waals surface area contributed by atoms with E-state index >= 15 is 0 Å². The number of aromatic nitrogens is 3. The molecule has 6 nitrogen and oxygen atoms in total. The molecule has 0 bridgehead atoms. The lowest BCUT2D eigenvalue weighted by Crippen LogP contribution is -2.32. The molecule has 27 heavy (non-hydrogen) atoms. The number of imidazole rings is 1. The molecule has 1 aromatic carbocycles. The minimum Gasteiger partial charge on any atom is -0.325 e. The van der Waals surface area contributed by atoms with E-state index in [1.165, 1.54) is 0 Å². The zero-order valence-electron chi connectivity index (χ0n) is 15.6. The molecular formula is C21H25N5O. The fourth-order valence-electron chi connectivity index (χ4n) is 3.83. The Bertz CT molecular complexity index is 912. The summed E-state index contributed by atoms with van der Waals surface area (Å²) in [6.07, 6.45) is 6.34. The van der Waals surface area contributed by atoms with Gasteiger partial charge in [0.1, 0.15) is 12.1 Å². The van der Waals surface area contributed by atoms with Crippen molar-refractivity contribution in [2.45, 2.75) is 26.2 Å². The topological polar surface area (TPSA) is 71.8 Å². The Morgan fingerprint density at radius 1 is 1.22 bits per heavy atom. The Balaban J connectivity index is 1.39. The summed E-state index contributed by atoms with van der Waals surface area (Å²) >= 11 is 0. The molecular weight excluding hydrogens is 338 g/mol. The smallest absolute Gasteiger partial charge is 0.224 e. The van der Waals surface area contributed by atoms with Crippen LogP contribution >= 0.6 is 0 Å². The van der Waals surface area contributed by atoms with Crippen molar-refractivity contribution in [3.8, 4) is 5.82 Å². The van der Waals surface area contributed by atoms with Gasteiger partial charge in [0, 0.05) is 6.42 Å². The maximum Gasteiger partial charge on any atom is 0.224 e. The first-order valence-electron chi connectivity index (χ1n) is 9.60. The van der Waals surface area contributed by atoms with Crippen LogP contribution in [0.5, 0.6) is 0 Å². The van der Waals surface area contributed by atoms with E-state index in [0.717, 1.165) is 48.5 Å². The highest BCUT2D eigenvalue weighted by Gasteiger charge is 2.22. The lowest BCUT2D eigenvalue weighted by Gasteiger charge is -2.27. The van der Waals surface area contributed by atoms with Gasteiger partial charge in [-0.25, -0.2) is 9.97 Å². The van der Waals surface area contributed by atoms with Gasteiger partial charge in [-0.2, -0.15) is 0 Å². The van der Waals surface area contributed by atoms with E-state index in [0.29, 0.717) is 18.3 Å². The van der Waals surface area contributed by atoms with E-state index in [9.17, 15) is 4.79 Å². The summed E-state index contributed by atoms with van der Waals surface area (Å²) in [7, 11) is 0. The first-order valence-corrected chi connectivity index (χ1v) is 9.60. The monoisotopic (exact) mass is 363 g/mol. The maximum atomic E-state index is 12.4. The van der Waals surface area contributed by atoms with E-state index in [2.05, 4.69) is 27.5 Å². The average molecular weight is 363 g/mol. The number of hydrogen-bond donors (Lipinski definition) is 2. The van der Waals surface area contributed by atoms with Gasteiger partial charge in [-0.05, 0) is 62.0 Å². The minimum absolute atomic E-state index is 0.0589. The first-order chi connectivity index (χ1) is 13.2. The van der Waals surface area contributed by atoms with Crippen LogP contribution in [0, 0.1) is 11.8 Å². The van der Waals surface area contributed by atoms with Gasteiger partial charge in [-0.15, -0.1) is 0 Å². The quantitative estimate of drug-likeness (QED) is 0.729.